The Hall–Kier alpha value is -3.65. The fraction of sp³-hybridized carbons (Fsp3) is 0.0385. The highest BCUT2D eigenvalue weighted by molar-refractivity contribution is 6.09. The maximum absolute atomic E-state index is 5.57. The summed E-state index contributed by atoms with van der Waals surface area (Å²) >= 11 is 0. The maximum Gasteiger partial charge on any atom is 0.228 e. The first kappa shape index (κ1) is 15.4. The predicted octanol–water partition coefficient (Wildman–Crippen LogP) is 5.90. The molecule has 28 heavy (non-hydrogen) atoms. The highest BCUT2D eigenvalue weighted by Gasteiger charge is 2.35. The first-order valence-electron chi connectivity index (χ1n) is 9.50. The third-order valence-electron chi connectivity index (χ3n) is 5.74. The zero-order chi connectivity index (χ0) is 18.7. The number of rotatable bonds is 2. The Morgan fingerprint density at radius 3 is 2.29 bits per heavy atom. The second-order valence-electron chi connectivity index (χ2n) is 7.18. The van der Waals surface area contributed by atoms with E-state index in [1.165, 1.54) is 49.9 Å². The first-order chi connectivity index (χ1) is 13.9. The minimum atomic E-state index is 0.878. The van der Waals surface area contributed by atoms with Gasteiger partial charge in [0.05, 0.1) is 29.2 Å². The lowest BCUT2D eigenvalue weighted by Gasteiger charge is -2.11. The lowest BCUT2D eigenvalue weighted by molar-refractivity contribution is -0.481. The van der Waals surface area contributed by atoms with E-state index in [0.29, 0.717) is 0 Å². The molecule has 0 bridgehead atoms. The molecule has 0 spiro atoms. The van der Waals surface area contributed by atoms with Gasteiger partial charge in [-0.25, -0.2) is 0 Å². The molecule has 3 heterocycles. The number of benzene rings is 3. The molecular weight excluding hydrogens is 342 g/mol. The van der Waals surface area contributed by atoms with Crippen molar-refractivity contribution in [3.8, 4) is 39.4 Å². The smallest absolute Gasteiger partial charge is 0.228 e. The molecule has 132 valence electrons. The monoisotopic (exact) mass is 360 g/mol. The van der Waals surface area contributed by atoms with Gasteiger partial charge in [0, 0.05) is 17.5 Å². The Morgan fingerprint density at radius 1 is 0.679 bits per heavy atom. The second-order valence-corrected chi connectivity index (χ2v) is 7.18. The number of ether oxygens (including phenoxy) is 1. The Balaban J connectivity index is 1.92. The van der Waals surface area contributed by atoms with E-state index >= 15 is 0 Å². The molecule has 0 atom stereocenters. The normalized spacial score (nSPS) is 11.8. The Labute approximate surface area is 163 Å². The standard InChI is InChI=1S/C26H18NO/c1-28-18-14-15-20-22(16-18)25(17-8-3-2-4-9-17)26-21-11-6-5-10-19(21)23-12-7-13-24(20)27(23)26/h2-16H,1H3/q+1. The number of hydrogen-bond acceptors (Lipinski definition) is 1. The summed E-state index contributed by atoms with van der Waals surface area (Å²) in [6.07, 6.45) is 0. The van der Waals surface area contributed by atoms with Gasteiger partial charge in [0.2, 0.25) is 16.9 Å². The van der Waals surface area contributed by atoms with Crippen molar-refractivity contribution in [1.82, 2.24) is 0 Å². The Bertz CT molecular complexity index is 1390. The number of nitrogens with zero attached hydrogens (tertiary/aromatic N) is 1. The molecule has 0 unspecified atom stereocenters. The third kappa shape index (κ3) is 1.95. The van der Waals surface area contributed by atoms with Crippen LogP contribution in [0.4, 0.5) is 0 Å². The van der Waals surface area contributed by atoms with E-state index in [1.807, 2.05) is 0 Å². The topological polar surface area (TPSA) is 13.3 Å². The van der Waals surface area contributed by atoms with Crippen LogP contribution in [0.5, 0.6) is 5.75 Å². The van der Waals surface area contributed by atoms with Crippen LogP contribution in [-0.4, -0.2) is 7.11 Å². The molecule has 0 N–H and O–H groups in total. The molecule has 5 aromatic rings. The molecule has 0 radical (unpaired) electrons. The molecule has 0 saturated carbocycles. The summed E-state index contributed by atoms with van der Waals surface area (Å²) in [6.45, 7) is 0. The van der Waals surface area contributed by atoms with Crippen molar-refractivity contribution in [3.05, 3.63) is 91.0 Å². The molecule has 2 aromatic heterocycles. The van der Waals surface area contributed by atoms with Crippen LogP contribution in [0.1, 0.15) is 0 Å². The van der Waals surface area contributed by atoms with E-state index in [9.17, 15) is 0 Å². The average molecular weight is 360 g/mol. The van der Waals surface area contributed by atoms with E-state index in [-0.39, 0.29) is 0 Å². The van der Waals surface area contributed by atoms with Crippen LogP contribution in [0.2, 0.25) is 0 Å². The summed E-state index contributed by atoms with van der Waals surface area (Å²) in [5.41, 5.74) is 8.77. The Kier molecular flexibility index (Phi) is 3.12. The minimum absolute atomic E-state index is 0.878. The molecule has 0 saturated heterocycles. The van der Waals surface area contributed by atoms with E-state index in [4.69, 9.17) is 4.74 Å². The number of hydrogen-bond donors (Lipinski definition) is 0. The van der Waals surface area contributed by atoms with E-state index < -0.39 is 0 Å². The van der Waals surface area contributed by atoms with Crippen LogP contribution >= 0.6 is 0 Å². The van der Waals surface area contributed by atoms with Crippen molar-refractivity contribution in [2.75, 3.05) is 7.11 Å². The molecule has 1 aliphatic heterocycles. The number of aromatic nitrogens is 1. The van der Waals surface area contributed by atoms with Gasteiger partial charge in [-0.3, -0.25) is 0 Å². The first-order valence-corrected chi connectivity index (χ1v) is 9.50. The molecule has 2 heteroatoms. The summed E-state index contributed by atoms with van der Waals surface area (Å²) in [7, 11) is 1.73. The molecule has 1 aliphatic rings. The fourth-order valence-electron chi connectivity index (χ4n) is 4.56. The summed E-state index contributed by atoms with van der Waals surface area (Å²) in [5, 5.41) is 2.45. The van der Waals surface area contributed by atoms with Gasteiger partial charge >= 0.3 is 0 Å². The molecule has 0 aliphatic carbocycles. The highest BCUT2D eigenvalue weighted by atomic mass is 16.5. The van der Waals surface area contributed by atoms with Gasteiger partial charge in [0.25, 0.3) is 0 Å². The Morgan fingerprint density at radius 2 is 1.46 bits per heavy atom. The zero-order valence-corrected chi connectivity index (χ0v) is 15.5. The number of methoxy groups -OCH3 is 1. The number of pyridine rings is 2. The van der Waals surface area contributed by atoms with Gasteiger partial charge in [-0.2, -0.15) is 4.40 Å². The highest BCUT2D eigenvalue weighted by Crippen LogP contribution is 2.44. The average Bonchev–Trinajstić information content (AvgIpc) is 3.10. The summed E-state index contributed by atoms with van der Waals surface area (Å²) in [5.74, 6) is 0.878. The lowest BCUT2D eigenvalue weighted by atomic mass is 9.93. The van der Waals surface area contributed by atoms with E-state index in [0.717, 1.165) is 5.75 Å². The van der Waals surface area contributed by atoms with Gasteiger partial charge in [-0.05, 0) is 42.0 Å². The SMILES string of the molecule is COc1ccc2c(c1)c(-c1ccccc1)c1[n+]3c(cccc23)-c2ccccc2-1. The molecular formula is C26H18NO+. The van der Waals surface area contributed by atoms with Crippen LogP contribution in [0.25, 0.3) is 49.9 Å². The lowest BCUT2D eigenvalue weighted by Crippen LogP contribution is -2.25. The van der Waals surface area contributed by atoms with E-state index in [2.05, 4.69) is 95.4 Å². The van der Waals surface area contributed by atoms with Crippen molar-refractivity contribution in [2.24, 2.45) is 0 Å². The molecule has 2 nitrogen and oxygen atoms in total. The second kappa shape index (κ2) is 5.67. The summed E-state index contributed by atoms with van der Waals surface area (Å²) < 4.78 is 7.99. The maximum atomic E-state index is 5.57. The van der Waals surface area contributed by atoms with Gasteiger partial charge < -0.3 is 4.74 Å². The summed E-state index contributed by atoms with van der Waals surface area (Å²) in [6, 6.07) is 32.3. The van der Waals surface area contributed by atoms with Crippen LogP contribution in [0.3, 0.4) is 0 Å². The molecule has 3 aromatic carbocycles. The number of fused-ring (bicyclic) bond motifs is 5. The van der Waals surface area contributed by atoms with Crippen LogP contribution in [0, 0.1) is 0 Å². The van der Waals surface area contributed by atoms with Crippen molar-refractivity contribution in [3.63, 3.8) is 0 Å². The summed E-state index contributed by atoms with van der Waals surface area (Å²) in [4.78, 5) is 0. The van der Waals surface area contributed by atoms with Crippen molar-refractivity contribution < 1.29 is 9.14 Å². The zero-order valence-electron chi connectivity index (χ0n) is 15.5. The van der Waals surface area contributed by atoms with Gasteiger partial charge in [-0.1, -0.05) is 42.5 Å². The van der Waals surface area contributed by atoms with E-state index in [1.54, 1.807) is 7.11 Å². The van der Waals surface area contributed by atoms with Crippen molar-refractivity contribution in [1.29, 1.82) is 0 Å². The quantitative estimate of drug-likeness (QED) is 0.277. The van der Waals surface area contributed by atoms with Gasteiger partial charge in [0.1, 0.15) is 5.75 Å². The van der Waals surface area contributed by atoms with Crippen LogP contribution < -0.4 is 9.14 Å². The van der Waals surface area contributed by atoms with Crippen molar-refractivity contribution >= 4 is 16.3 Å². The fourth-order valence-corrected chi connectivity index (χ4v) is 4.56. The van der Waals surface area contributed by atoms with Crippen LogP contribution in [-0.2, 0) is 0 Å². The molecule has 6 rings (SSSR count). The molecule has 0 amide bonds. The van der Waals surface area contributed by atoms with Gasteiger partial charge in [0.15, 0.2) is 0 Å². The minimum Gasteiger partial charge on any atom is -0.497 e. The van der Waals surface area contributed by atoms with Crippen LogP contribution in [0.15, 0.2) is 91.0 Å². The largest absolute Gasteiger partial charge is 0.497 e. The molecule has 0 fully saturated rings. The van der Waals surface area contributed by atoms with Gasteiger partial charge in [-0.15, -0.1) is 0 Å². The predicted molar refractivity (Wildman–Crippen MR) is 114 cm³/mol. The van der Waals surface area contributed by atoms with Crippen molar-refractivity contribution in [2.45, 2.75) is 0 Å². The third-order valence-corrected chi connectivity index (χ3v) is 5.74.